The summed E-state index contributed by atoms with van der Waals surface area (Å²) in [5, 5.41) is 13.2. The van der Waals surface area contributed by atoms with Gasteiger partial charge in [0.15, 0.2) is 0 Å². The number of esters is 1. The van der Waals surface area contributed by atoms with Crippen LogP contribution in [-0.4, -0.2) is 40.6 Å². The van der Waals surface area contributed by atoms with E-state index in [1.54, 1.807) is 21.6 Å². The Morgan fingerprint density at radius 2 is 1.78 bits per heavy atom. The van der Waals surface area contributed by atoms with Gasteiger partial charge in [-0.15, -0.1) is 0 Å². The first-order valence-electron chi connectivity index (χ1n) is 8.34. The molecule has 0 aliphatic carbocycles. The second-order valence-electron chi connectivity index (χ2n) is 6.40. The third-order valence-corrected chi connectivity index (χ3v) is 5.32. The molecule has 0 fully saturated rings. The first kappa shape index (κ1) is 23.1. The van der Waals surface area contributed by atoms with Crippen molar-refractivity contribution in [3.05, 3.63) is 34.4 Å². The molecule has 1 amide bonds. The molecule has 27 heavy (non-hydrogen) atoms. The number of non-ortho nitro benzene ring substituents is 1. The lowest BCUT2D eigenvalue weighted by atomic mass is 10.2. The quantitative estimate of drug-likeness (QED) is 0.151. The van der Waals surface area contributed by atoms with Gasteiger partial charge in [0, 0.05) is 36.6 Å². The summed E-state index contributed by atoms with van der Waals surface area (Å²) < 4.78 is 10.2. The number of amides is 1. The van der Waals surface area contributed by atoms with Crippen LogP contribution in [0.15, 0.2) is 24.3 Å². The first-order chi connectivity index (χ1) is 12.7. The highest BCUT2D eigenvalue weighted by Crippen LogP contribution is 2.22. The normalized spacial score (nSPS) is 10.9. The zero-order valence-electron chi connectivity index (χ0n) is 15.6. The number of rotatable bonds is 10. The van der Waals surface area contributed by atoms with Crippen molar-refractivity contribution in [1.29, 1.82) is 0 Å². The molecule has 0 spiro atoms. The van der Waals surface area contributed by atoms with E-state index < -0.39 is 16.6 Å². The predicted octanol–water partition coefficient (Wildman–Crippen LogP) is 4.19. The molecular weight excluding hydrogens is 392 g/mol. The van der Waals surface area contributed by atoms with Crippen LogP contribution in [0.3, 0.4) is 0 Å². The largest absolute Gasteiger partial charge is 0.444 e. The van der Waals surface area contributed by atoms with Gasteiger partial charge in [0.25, 0.3) is 5.69 Å². The molecule has 0 saturated carbocycles. The van der Waals surface area contributed by atoms with Gasteiger partial charge in [0.1, 0.15) is 11.4 Å². The van der Waals surface area contributed by atoms with E-state index in [1.807, 2.05) is 20.8 Å². The van der Waals surface area contributed by atoms with Crippen LogP contribution in [0.1, 0.15) is 33.6 Å². The summed E-state index contributed by atoms with van der Waals surface area (Å²) in [7, 11) is 3.22. The zero-order valence-corrected chi connectivity index (χ0v) is 17.2. The highest BCUT2D eigenvalue weighted by atomic mass is 33.1. The van der Waals surface area contributed by atoms with Gasteiger partial charge in [-0.1, -0.05) is 21.6 Å². The van der Waals surface area contributed by atoms with Crippen LogP contribution in [0.2, 0.25) is 0 Å². The number of benzene rings is 1. The van der Waals surface area contributed by atoms with Crippen molar-refractivity contribution >= 4 is 39.3 Å². The van der Waals surface area contributed by atoms with Crippen molar-refractivity contribution in [2.45, 2.75) is 39.2 Å². The highest BCUT2D eigenvalue weighted by molar-refractivity contribution is 8.76. The molecular formula is C17H24N2O6S2. The van der Waals surface area contributed by atoms with Crippen LogP contribution >= 0.6 is 21.6 Å². The fourth-order valence-electron chi connectivity index (χ4n) is 1.72. The lowest BCUT2D eigenvalue weighted by Crippen LogP contribution is -2.33. The summed E-state index contributed by atoms with van der Waals surface area (Å²) in [6.07, 6.45) is 0.492. The molecule has 0 bridgehead atoms. The third-order valence-electron chi connectivity index (χ3n) is 2.82. The maximum atomic E-state index is 11.7. The van der Waals surface area contributed by atoms with Crippen molar-refractivity contribution in [2.24, 2.45) is 0 Å². The second-order valence-corrected chi connectivity index (χ2v) is 9.10. The molecule has 0 aliphatic heterocycles. The average molecular weight is 417 g/mol. The zero-order chi connectivity index (χ0) is 20.3. The Morgan fingerprint density at radius 1 is 1.15 bits per heavy atom. The monoisotopic (exact) mass is 416 g/mol. The highest BCUT2D eigenvalue weighted by Gasteiger charge is 2.15. The van der Waals surface area contributed by atoms with E-state index in [1.165, 1.54) is 24.3 Å². The Morgan fingerprint density at radius 3 is 2.37 bits per heavy atom. The molecule has 1 N–H and O–H groups in total. The molecule has 1 aromatic rings. The summed E-state index contributed by atoms with van der Waals surface area (Å²) in [6.45, 7) is 5.94. The molecule has 0 aliphatic rings. The average Bonchev–Trinajstić information content (AvgIpc) is 2.56. The van der Waals surface area contributed by atoms with Gasteiger partial charge < -0.3 is 14.8 Å². The fourth-order valence-corrected chi connectivity index (χ4v) is 3.71. The van der Waals surface area contributed by atoms with E-state index in [0.29, 0.717) is 18.7 Å². The van der Waals surface area contributed by atoms with Gasteiger partial charge in [-0.3, -0.25) is 14.9 Å². The number of nitrogens with zero attached hydrogens (tertiary/aromatic N) is 1. The molecule has 0 atom stereocenters. The summed E-state index contributed by atoms with van der Waals surface area (Å²) in [4.78, 5) is 33.2. The van der Waals surface area contributed by atoms with Gasteiger partial charge >= 0.3 is 12.1 Å². The molecule has 1 aromatic carbocycles. The Labute approximate surface area is 166 Å². The second kappa shape index (κ2) is 11.7. The number of hydrogen-bond acceptors (Lipinski definition) is 8. The molecule has 0 aromatic heterocycles. The summed E-state index contributed by atoms with van der Waals surface area (Å²) in [5.74, 6) is 1.42. The van der Waals surface area contributed by atoms with Crippen molar-refractivity contribution in [1.82, 2.24) is 5.32 Å². The summed E-state index contributed by atoms with van der Waals surface area (Å²) in [6, 6.07) is 5.39. The van der Waals surface area contributed by atoms with Crippen molar-refractivity contribution in [3.63, 3.8) is 0 Å². The number of carbonyl (C=O) groups excluding carboxylic acids is 2. The SMILES string of the molecule is CC(C)(C)OC(=O)NCCSSCCCC(=O)Oc1ccc([N+](=O)[O-])cc1. The first-order valence-corrected chi connectivity index (χ1v) is 10.8. The van der Waals surface area contributed by atoms with Gasteiger partial charge in [0.2, 0.25) is 0 Å². The van der Waals surface area contributed by atoms with Crippen LogP contribution in [0.5, 0.6) is 5.75 Å². The van der Waals surface area contributed by atoms with Gasteiger partial charge in [-0.05, 0) is 39.3 Å². The molecule has 10 heteroatoms. The van der Waals surface area contributed by atoms with Crippen LogP contribution in [0, 0.1) is 10.1 Å². The molecule has 0 heterocycles. The van der Waals surface area contributed by atoms with E-state index in [0.717, 1.165) is 11.5 Å². The molecule has 0 radical (unpaired) electrons. The smallest absolute Gasteiger partial charge is 0.407 e. The van der Waals surface area contributed by atoms with Crippen molar-refractivity contribution in [2.75, 3.05) is 18.1 Å². The minimum atomic E-state index is -0.510. The maximum Gasteiger partial charge on any atom is 0.407 e. The standard InChI is InChI=1S/C17H24N2O6S2/c1-17(2,3)25-16(21)18-10-12-27-26-11-4-5-15(20)24-14-8-6-13(7-9-14)19(22)23/h6-9H,4-5,10-12H2,1-3H3,(H,18,21). The Hall–Kier alpha value is -1.94. The Bertz CT molecular complexity index is 631. The number of alkyl carbamates (subject to hydrolysis) is 1. The van der Waals surface area contributed by atoms with E-state index >= 15 is 0 Å². The molecule has 0 unspecified atom stereocenters. The van der Waals surface area contributed by atoms with E-state index in [9.17, 15) is 19.7 Å². The predicted molar refractivity (Wildman–Crippen MR) is 107 cm³/mol. The minimum absolute atomic E-state index is 0.0515. The van der Waals surface area contributed by atoms with E-state index in [4.69, 9.17) is 9.47 Å². The topological polar surface area (TPSA) is 108 Å². The lowest BCUT2D eigenvalue weighted by molar-refractivity contribution is -0.384. The molecule has 8 nitrogen and oxygen atoms in total. The lowest BCUT2D eigenvalue weighted by Gasteiger charge is -2.19. The minimum Gasteiger partial charge on any atom is -0.444 e. The number of nitrogens with one attached hydrogen (secondary N) is 1. The third kappa shape index (κ3) is 11.4. The number of hydrogen-bond donors (Lipinski definition) is 1. The maximum absolute atomic E-state index is 11.7. The Kier molecular flexibility index (Phi) is 10.0. The van der Waals surface area contributed by atoms with Gasteiger partial charge in [-0.25, -0.2) is 4.79 Å². The number of ether oxygens (including phenoxy) is 2. The van der Waals surface area contributed by atoms with Gasteiger partial charge in [-0.2, -0.15) is 0 Å². The molecule has 150 valence electrons. The van der Waals surface area contributed by atoms with Crippen LogP contribution in [0.25, 0.3) is 0 Å². The molecule has 1 rings (SSSR count). The summed E-state index contributed by atoms with van der Waals surface area (Å²) >= 11 is 0. The Balaban J connectivity index is 2.05. The fraction of sp³-hybridized carbons (Fsp3) is 0.529. The van der Waals surface area contributed by atoms with Crippen LogP contribution in [-0.2, 0) is 9.53 Å². The number of nitro groups is 1. The van der Waals surface area contributed by atoms with Crippen LogP contribution < -0.4 is 10.1 Å². The van der Waals surface area contributed by atoms with Crippen molar-refractivity contribution < 1.29 is 24.0 Å². The number of nitro benzene ring substituents is 1. The van der Waals surface area contributed by atoms with E-state index in [-0.39, 0.29) is 18.1 Å². The summed E-state index contributed by atoms with van der Waals surface area (Å²) in [5.41, 5.74) is -0.556. The van der Waals surface area contributed by atoms with Gasteiger partial charge in [0.05, 0.1) is 4.92 Å². The van der Waals surface area contributed by atoms with Crippen molar-refractivity contribution in [3.8, 4) is 5.75 Å². The van der Waals surface area contributed by atoms with E-state index in [2.05, 4.69) is 5.32 Å². The molecule has 0 saturated heterocycles. The number of carbonyl (C=O) groups is 2. The van der Waals surface area contributed by atoms with Crippen LogP contribution in [0.4, 0.5) is 10.5 Å².